The summed E-state index contributed by atoms with van der Waals surface area (Å²) < 4.78 is 5.69. The molecule has 1 aromatic rings. The molecule has 1 aromatic carbocycles. The minimum Gasteiger partial charge on any atom is -0.491 e. The van der Waals surface area contributed by atoms with Crippen molar-refractivity contribution >= 4 is 0 Å². The van der Waals surface area contributed by atoms with E-state index in [4.69, 9.17) is 10.5 Å². The van der Waals surface area contributed by atoms with E-state index in [1.165, 1.54) is 5.56 Å². The van der Waals surface area contributed by atoms with Crippen LogP contribution in [0.5, 0.6) is 5.75 Å². The maximum absolute atomic E-state index is 5.77. The maximum atomic E-state index is 5.77. The van der Waals surface area contributed by atoms with Gasteiger partial charge in [-0.05, 0) is 38.8 Å². The molecule has 0 aromatic heterocycles. The molecule has 0 amide bonds. The second-order valence-electron chi connectivity index (χ2n) is 3.96. The molecule has 0 aliphatic carbocycles. The van der Waals surface area contributed by atoms with Crippen molar-refractivity contribution in [1.82, 2.24) is 0 Å². The van der Waals surface area contributed by atoms with E-state index in [-0.39, 0.29) is 12.1 Å². The number of para-hydroxylation sites is 1. The lowest BCUT2D eigenvalue weighted by Gasteiger charge is -2.15. The highest BCUT2D eigenvalue weighted by atomic mass is 16.5. The molecule has 0 saturated heterocycles. The van der Waals surface area contributed by atoms with Crippen LogP contribution in [0.2, 0.25) is 0 Å². The van der Waals surface area contributed by atoms with Crippen LogP contribution >= 0.6 is 0 Å². The van der Waals surface area contributed by atoms with E-state index in [9.17, 15) is 0 Å². The van der Waals surface area contributed by atoms with Gasteiger partial charge >= 0.3 is 0 Å². The van der Waals surface area contributed by atoms with Gasteiger partial charge in [0.05, 0.1) is 6.10 Å². The Morgan fingerprint density at radius 2 is 1.86 bits per heavy atom. The smallest absolute Gasteiger partial charge is 0.122 e. The lowest BCUT2D eigenvalue weighted by molar-refractivity contribution is 0.239. The largest absolute Gasteiger partial charge is 0.491 e. The summed E-state index contributed by atoms with van der Waals surface area (Å²) in [7, 11) is 0. The zero-order valence-corrected chi connectivity index (χ0v) is 9.16. The molecule has 0 aliphatic heterocycles. The van der Waals surface area contributed by atoms with E-state index in [0.29, 0.717) is 0 Å². The summed E-state index contributed by atoms with van der Waals surface area (Å²) in [5.41, 5.74) is 6.96. The highest BCUT2D eigenvalue weighted by Gasteiger charge is 2.06. The molecule has 0 heterocycles. The van der Waals surface area contributed by atoms with Crippen LogP contribution in [0, 0.1) is 0 Å². The van der Waals surface area contributed by atoms with Crippen molar-refractivity contribution in [2.24, 2.45) is 5.73 Å². The van der Waals surface area contributed by atoms with E-state index < -0.39 is 0 Å². The highest BCUT2D eigenvalue weighted by Crippen LogP contribution is 2.20. The molecule has 2 heteroatoms. The SMILES string of the molecule is CC(C)Oc1ccccc1C[C@@H](C)N. The Kier molecular flexibility index (Phi) is 3.96. The molecule has 0 saturated carbocycles. The monoisotopic (exact) mass is 193 g/mol. The van der Waals surface area contributed by atoms with Gasteiger partial charge in [0.25, 0.3) is 0 Å². The Bertz CT molecular complexity index is 252. The third-order valence-electron chi connectivity index (χ3n) is 1.88. The molecule has 0 aliphatic rings. The normalized spacial score (nSPS) is 12.9. The molecule has 1 atom stereocenters. The fourth-order valence-corrected chi connectivity index (χ4v) is 1.39. The second-order valence-corrected chi connectivity index (χ2v) is 3.96. The summed E-state index contributed by atoms with van der Waals surface area (Å²) in [5, 5.41) is 0. The van der Waals surface area contributed by atoms with Gasteiger partial charge in [-0.3, -0.25) is 0 Å². The number of rotatable bonds is 4. The number of benzene rings is 1. The summed E-state index contributed by atoms with van der Waals surface area (Å²) in [6.07, 6.45) is 1.08. The average Bonchev–Trinajstić information content (AvgIpc) is 2.06. The van der Waals surface area contributed by atoms with Gasteiger partial charge < -0.3 is 10.5 Å². The van der Waals surface area contributed by atoms with E-state index in [1.54, 1.807) is 0 Å². The Morgan fingerprint density at radius 1 is 1.21 bits per heavy atom. The molecule has 0 bridgehead atoms. The van der Waals surface area contributed by atoms with Gasteiger partial charge in [-0.25, -0.2) is 0 Å². The Hall–Kier alpha value is -1.02. The quantitative estimate of drug-likeness (QED) is 0.796. The predicted octanol–water partition coefficient (Wildman–Crippen LogP) is 2.36. The number of hydrogen-bond acceptors (Lipinski definition) is 2. The molecule has 1 rings (SSSR count). The van der Waals surface area contributed by atoms with E-state index in [0.717, 1.165) is 12.2 Å². The molecule has 78 valence electrons. The van der Waals surface area contributed by atoms with E-state index in [2.05, 4.69) is 6.07 Å². The van der Waals surface area contributed by atoms with Crippen LogP contribution < -0.4 is 10.5 Å². The first-order chi connectivity index (χ1) is 6.59. The third-order valence-corrected chi connectivity index (χ3v) is 1.88. The molecular weight excluding hydrogens is 174 g/mol. The van der Waals surface area contributed by atoms with Gasteiger partial charge in [0.2, 0.25) is 0 Å². The zero-order valence-electron chi connectivity index (χ0n) is 9.16. The van der Waals surface area contributed by atoms with Crippen molar-refractivity contribution in [3.8, 4) is 5.75 Å². The van der Waals surface area contributed by atoms with Gasteiger partial charge in [0.1, 0.15) is 5.75 Å². The minimum absolute atomic E-state index is 0.173. The van der Waals surface area contributed by atoms with Crippen molar-refractivity contribution < 1.29 is 4.74 Å². The van der Waals surface area contributed by atoms with Gasteiger partial charge in [-0.2, -0.15) is 0 Å². The lowest BCUT2D eigenvalue weighted by Crippen LogP contribution is -2.19. The Labute approximate surface area is 86.1 Å². The molecule has 2 N–H and O–H groups in total. The fourth-order valence-electron chi connectivity index (χ4n) is 1.39. The molecule has 0 unspecified atom stereocenters. The Morgan fingerprint density at radius 3 is 2.43 bits per heavy atom. The first kappa shape index (κ1) is 11.1. The summed E-state index contributed by atoms with van der Waals surface area (Å²) in [4.78, 5) is 0. The van der Waals surface area contributed by atoms with Crippen LogP contribution in [-0.4, -0.2) is 12.1 Å². The van der Waals surface area contributed by atoms with Gasteiger partial charge in [0, 0.05) is 6.04 Å². The van der Waals surface area contributed by atoms with Crippen molar-refractivity contribution in [3.63, 3.8) is 0 Å². The summed E-state index contributed by atoms with van der Waals surface area (Å²) in [6, 6.07) is 8.25. The third kappa shape index (κ3) is 3.38. The molecule has 2 nitrogen and oxygen atoms in total. The van der Waals surface area contributed by atoms with E-state index >= 15 is 0 Å². The number of hydrogen-bond donors (Lipinski definition) is 1. The van der Waals surface area contributed by atoms with Gasteiger partial charge in [-0.1, -0.05) is 18.2 Å². The number of ether oxygens (including phenoxy) is 1. The molecule has 0 radical (unpaired) electrons. The maximum Gasteiger partial charge on any atom is 0.122 e. The first-order valence-electron chi connectivity index (χ1n) is 5.09. The van der Waals surface area contributed by atoms with Crippen LogP contribution in [0.3, 0.4) is 0 Å². The predicted molar refractivity (Wildman–Crippen MR) is 59.6 cm³/mol. The standard InChI is InChI=1S/C12H19NO/c1-9(2)14-12-7-5-4-6-11(12)8-10(3)13/h4-7,9-10H,8,13H2,1-3H3/t10-/m1/s1. The van der Waals surface area contributed by atoms with Crippen LogP contribution in [0.15, 0.2) is 24.3 Å². The fraction of sp³-hybridized carbons (Fsp3) is 0.500. The van der Waals surface area contributed by atoms with Gasteiger partial charge in [0.15, 0.2) is 0 Å². The summed E-state index contributed by atoms with van der Waals surface area (Å²) >= 11 is 0. The van der Waals surface area contributed by atoms with Gasteiger partial charge in [-0.15, -0.1) is 0 Å². The first-order valence-corrected chi connectivity index (χ1v) is 5.09. The van der Waals surface area contributed by atoms with Crippen LogP contribution in [0.4, 0.5) is 0 Å². The lowest BCUT2D eigenvalue weighted by atomic mass is 10.1. The molecular formula is C12H19NO. The minimum atomic E-state index is 0.173. The van der Waals surface area contributed by atoms with Crippen LogP contribution in [-0.2, 0) is 6.42 Å². The number of nitrogens with two attached hydrogens (primary N) is 1. The molecule has 0 fully saturated rings. The van der Waals surface area contributed by atoms with Crippen molar-refractivity contribution in [2.75, 3.05) is 0 Å². The highest BCUT2D eigenvalue weighted by molar-refractivity contribution is 5.34. The molecule has 0 spiro atoms. The summed E-state index contributed by atoms with van der Waals surface area (Å²) in [5.74, 6) is 0.958. The zero-order chi connectivity index (χ0) is 10.6. The van der Waals surface area contributed by atoms with Crippen molar-refractivity contribution in [2.45, 2.75) is 39.3 Å². The van der Waals surface area contributed by atoms with Crippen molar-refractivity contribution in [3.05, 3.63) is 29.8 Å². The Balaban J connectivity index is 2.80. The topological polar surface area (TPSA) is 35.2 Å². The summed E-state index contributed by atoms with van der Waals surface area (Å²) in [6.45, 7) is 6.07. The van der Waals surface area contributed by atoms with Crippen molar-refractivity contribution in [1.29, 1.82) is 0 Å². The van der Waals surface area contributed by atoms with E-state index in [1.807, 2.05) is 39.0 Å². The molecule has 14 heavy (non-hydrogen) atoms. The van der Waals surface area contributed by atoms with Crippen LogP contribution in [0.1, 0.15) is 26.3 Å². The van der Waals surface area contributed by atoms with Crippen LogP contribution in [0.25, 0.3) is 0 Å². The average molecular weight is 193 g/mol. The second kappa shape index (κ2) is 5.01.